The van der Waals surface area contributed by atoms with Crippen LogP contribution < -0.4 is 0 Å². The number of ketones is 1. The third-order valence-corrected chi connectivity index (χ3v) is 4.47. The van der Waals surface area contributed by atoms with E-state index in [9.17, 15) is 4.79 Å². The lowest BCUT2D eigenvalue weighted by Crippen LogP contribution is -2.27. The smallest absolute Gasteiger partial charge is 0.186 e. The van der Waals surface area contributed by atoms with Gasteiger partial charge in [-0.15, -0.1) is 0 Å². The summed E-state index contributed by atoms with van der Waals surface area (Å²) < 4.78 is 0. The average molecular weight is 354 g/mol. The van der Waals surface area contributed by atoms with Crippen LogP contribution in [0.15, 0.2) is 71.1 Å². The summed E-state index contributed by atoms with van der Waals surface area (Å²) in [4.78, 5) is 14.9. The first kappa shape index (κ1) is 20.2. The second-order valence-corrected chi connectivity index (χ2v) is 8.87. The van der Waals surface area contributed by atoms with E-state index in [1.54, 1.807) is 0 Å². The molecule has 0 atom stereocenters. The van der Waals surface area contributed by atoms with Gasteiger partial charge in [0.25, 0.3) is 0 Å². The van der Waals surface area contributed by atoms with Crippen LogP contribution in [0.25, 0.3) is 0 Å². The zero-order valence-electron chi connectivity index (χ0n) is 16.8. The molecule has 26 heavy (non-hydrogen) atoms. The van der Waals surface area contributed by atoms with Crippen molar-refractivity contribution in [2.75, 3.05) is 13.2 Å². The lowest BCUT2D eigenvalue weighted by molar-refractivity contribution is -0.114. The number of carbonyl (C=O) groups is 1. The van der Waals surface area contributed by atoms with Gasteiger partial charge in [-0.25, -0.2) is 0 Å². The molecular formula is C23H31NO2. The third kappa shape index (κ3) is 4.95. The van der Waals surface area contributed by atoms with Gasteiger partial charge in [0.05, 0.1) is 6.61 Å². The number of nitrogens with zero attached hydrogens (tertiary/aromatic N) is 1. The molecule has 1 aliphatic heterocycles. The number of hydrogen-bond donors (Lipinski definition) is 1. The summed E-state index contributed by atoms with van der Waals surface area (Å²) in [5, 5.41) is 8.99. The van der Waals surface area contributed by atoms with Crippen molar-refractivity contribution in [2.24, 2.45) is 10.8 Å². The fourth-order valence-corrected chi connectivity index (χ4v) is 2.90. The summed E-state index contributed by atoms with van der Waals surface area (Å²) in [7, 11) is 0. The van der Waals surface area contributed by atoms with Crippen LogP contribution in [-0.2, 0) is 4.79 Å². The number of aliphatic hydroxyl groups is 1. The minimum absolute atomic E-state index is 0.132. The van der Waals surface area contributed by atoms with E-state index in [0.29, 0.717) is 6.54 Å². The first-order valence-electron chi connectivity index (χ1n) is 9.16. The number of carbonyl (C=O) groups excluding carboxylic acids is 1. The molecule has 1 heterocycles. The lowest BCUT2D eigenvalue weighted by Gasteiger charge is -2.31. The maximum atomic E-state index is 12.9. The van der Waals surface area contributed by atoms with E-state index >= 15 is 0 Å². The van der Waals surface area contributed by atoms with Crippen molar-refractivity contribution in [1.29, 1.82) is 0 Å². The average Bonchev–Trinajstić information content (AvgIpc) is 2.53. The SMILES string of the molecule is CC(C)(C)C1=CC(=CC=C2C=CN(CCO)C=C2)C=C(C(C)(C)C)C1=O. The first-order valence-corrected chi connectivity index (χ1v) is 9.16. The summed E-state index contributed by atoms with van der Waals surface area (Å²) in [6.07, 6.45) is 16.1. The topological polar surface area (TPSA) is 40.5 Å². The zero-order valence-corrected chi connectivity index (χ0v) is 16.8. The molecule has 3 heteroatoms. The Morgan fingerprint density at radius 2 is 1.35 bits per heavy atom. The highest BCUT2D eigenvalue weighted by Gasteiger charge is 2.33. The Morgan fingerprint density at radius 3 is 1.77 bits per heavy atom. The molecular weight excluding hydrogens is 322 g/mol. The molecule has 0 spiro atoms. The van der Waals surface area contributed by atoms with Crippen molar-refractivity contribution >= 4 is 5.78 Å². The van der Waals surface area contributed by atoms with Crippen LogP contribution in [0.1, 0.15) is 41.5 Å². The molecule has 0 aromatic carbocycles. The van der Waals surface area contributed by atoms with Gasteiger partial charge in [0, 0.05) is 30.1 Å². The second kappa shape index (κ2) is 7.63. The summed E-state index contributed by atoms with van der Waals surface area (Å²) in [5.74, 6) is 0.159. The molecule has 0 saturated carbocycles. The van der Waals surface area contributed by atoms with E-state index in [4.69, 9.17) is 5.11 Å². The molecule has 0 radical (unpaired) electrons. The summed E-state index contributed by atoms with van der Waals surface area (Å²) in [6.45, 7) is 13.2. The molecule has 2 aliphatic rings. The summed E-state index contributed by atoms with van der Waals surface area (Å²) in [6, 6.07) is 0. The van der Waals surface area contributed by atoms with Crippen LogP contribution in [0, 0.1) is 10.8 Å². The highest BCUT2D eigenvalue weighted by molar-refractivity contribution is 6.11. The van der Waals surface area contributed by atoms with Crippen molar-refractivity contribution in [2.45, 2.75) is 41.5 Å². The van der Waals surface area contributed by atoms with Crippen LogP contribution in [0.3, 0.4) is 0 Å². The van der Waals surface area contributed by atoms with Gasteiger partial charge in [0.15, 0.2) is 5.78 Å². The van der Waals surface area contributed by atoms with Crippen LogP contribution in [0.5, 0.6) is 0 Å². The van der Waals surface area contributed by atoms with Gasteiger partial charge in [0.1, 0.15) is 0 Å². The molecule has 0 aromatic heterocycles. The standard InChI is InChI=1S/C23H31NO2/c1-22(2,3)19-15-18(16-20(21(19)26)23(4,5)6)8-7-17-9-11-24(12-10-17)13-14-25/h7-12,15-16,25H,13-14H2,1-6H3. The maximum Gasteiger partial charge on any atom is 0.186 e. The number of β-amino-alcohol motifs (C(OH)–C–C–N with tert-alkyl or cyclic N) is 1. The summed E-state index contributed by atoms with van der Waals surface area (Å²) in [5.41, 5.74) is 3.47. The van der Waals surface area contributed by atoms with E-state index in [1.165, 1.54) is 0 Å². The predicted molar refractivity (Wildman–Crippen MR) is 108 cm³/mol. The maximum absolute atomic E-state index is 12.9. The van der Waals surface area contributed by atoms with Crippen molar-refractivity contribution in [1.82, 2.24) is 4.90 Å². The molecule has 140 valence electrons. The number of allylic oxidation sites excluding steroid dienone is 10. The summed E-state index contributed by atoms with van der Waals surface area (Å²) >= 11 is 0. The largest absolute Gasteiger partial charge is 0.395 e. The Kier molecular flexibility index (Phi) is 5.92. The highest BCUT2D eigenvalue weighted by atomic mass is 16.3. The Balaban J connectivity index is 2.36. The fraction of sp³-hybridized carbons (Fsp3) is 0.435. The number of aliphatic hydroxyl groups excluding tert-OH is 1. The minimum Gasteiger partial charge on any atom is -0.395 e. The second-order valence-electron chi connectivity index (χ2n) is 8.87. The minimum atomic E-state index is -0.191. The van der Waals surface area contributed by atoms with Crippen LogP contribution in [0.2, 0.25) is 0 Å². The molecule has 2 rings (SSSR count). The van der Waals surface area contributed by atoms with E-state index in [0.717, 1.165) is 22.3 Å². The normalized spacial score (nSPS) is 18.1. The van der Waals surface area contributed by atoms with Gasteiger partial charge in [-0.1, -0.05) is 53.7 Å². The lowest BCUT2D eigenvalue weighted by atomic mass is 9.72. The quantitative estimate of drug-likeness (QED) is 0.799. The van der Waals surface area contributed by atoms with Gasteiger partial charge in [-0.2, -0.15) is 0 Å². The van der Waals surface area contributed by atoms with Crippen LogP contribution in [0.4, 0.5) is 0 Å². The Bertz CT molecular complexity index is 692. The van der Waals surface area contributed by atoms with E-state index < -0.39 is 0 Å². The van der Waals surface area contributed by atoms with Gasteiger partial charge in [-0.05, 0) is 46.3 Å². The van der Waals surface area contributed by atoms with E-state index in [2.05, 4.69) is 53.7 Å². The van der Waals surface area contributed by atoms with Gasteiger partial charge >= 0.3 is 0 Å². The van der Waals surface area contributed by atoms with Crippen molar-refractivity contribution in [3.05, 3.63) is 71.1 Å². The predicted octanol–water partition coefficient (Wildman–Crippen LogP) is 4.70. The molecule has 3 nitrogen and oxygen atoms in total. The van der Waals surface area contributed by atoms with Crippen LogP contribution in [-0.4, -0.2) is 28.9 Å². The fourth-order valence-electron chi connectivity index (χ4n) is 2.90. The molecule has 0 saturated heterocycles. The monoisotopic (exact) mass is 353 g/mol. The number of Topliss-reactive ketones (excluding diaryl/α,β-unsaturated/α-hetero) is 1. The van der Waals surface area contributed by atoms with Gasteiger partial charge in [0.2, 0.25) is 0 Å². The highest BCUT2D eigenvalue weighted by Crippen LogP contribution is 2.38. The van der Waals surface area contributed by atoms with E-state index in [1.807, 2.05) is 41.6 Å². The molecule has 0 amide bonds. The first-order chi connectivity index (χ1) is 12.0. The van der Waals surface area contributed by atoms with E-state index in [-0.39, 0.29) is 23.2 Å². The third-order valence-electron chi connectivity index (χ3n) is 4.47. The molecule has 0 unspecified atom stereocenters. The van der Waals surface area contributed by atoms with Crippen molar-refractivity contribution in [3.8, 4) is 0 Å². The Hall–Kier alpha value is -2.13. The number of hydrogen-bond acceptors (Lipinski definition) is 3. The van der Waals surface area contributed by atoms with Gasteiger partial charge in [-0.3, -0.25) is 4.79 Å². The van der Waals surface area contributed by atoms with Crippen molar-refractivity contribution < 1.29 is 9.90 Å². The Labute approximate surface area is 157 Å². The zero-order chi connectivity index (χ0) is 19.5. The molecule has 0 fully saturated rings. The Morgan fingerprint density at radius 1 is 0.885 bits per heavy atom. The molecule has 0 aromatic rings. The number of rotatable bonds is 3. The molecule has 1 N–H and O–H groups in total. The molecule has 0 bridgehead atoms. The molecule has 1 aliphatic carbocycles. The van der Waals surface area contributed by atoms with Gasteiger partial charge < -0.3 is 10.0 Å². The van der Waals surface area contributed by atoms with Crippen molar-refractivity contribution in [3.63, 3.8) is 0 Å². The van der Waals surface area contributed by atoms with Crippen LogP contribution >= 0.6 is 0 Å².